The standard InChI is InChI=1S/C13H27N2O2/c1-2-8-15(16)9-10-17-12(13(15)14)11-6-4-3-5-7-11/h11-13,16H,2-10,14H2,1H3/q+1/t12?,13-,15-/m0/s1. The van der Waals surface area contributed by atoms with Crippen molar-refractivity contribution in [2.24, 2.45) is 11.7 Å². The van der Waals surface area contributed by atoms with Gasteiger partial charge in [0.1, 0.15) is 19.2 Å². The van der Waals surface area contributed by atoms with Crippen molar-refractivity contribution < 1.29 is 14.6 Å². The first kappa shape index (κ1) is 13.3. The second-order valence-electron chi connectivity index (χ2n) is 5.66. The number of rotatable bonds is 3. The number of quaternary nitrogens is 1. The third-order valence-electron chi connectivity index (χ3n) is 4.41. The van der Waals surface area contributed by atoms with Gasteiger partial charge in [-0.2, -0.15) is 4.65 Å². The Balaban J connectivity index is 2.01. The Bertz CT molecular complexity index is 240. The lowest BCUT2D eigenvalue weighted by atomic mass is 9.83. The van der Waals surface area contributed by atoms with Crippen LogP contribution in [0.15, 0.2) is 0 Å². The van der Waals surface area contributed by atoms with Crippen LogP contribution in [0.3, 0.4) is 0 Å². The molecule has 2 aliphatic rings. The van der Waals surface area contributed by atoms with Gasteiger partial charge in [0.05, 0.1) is 6.61 Å². The lowest BCUT2D eigenvalue weighted by molar-refractivity contribution is -1.13. The molecule has 100 valence electrons. The lowest BCUT2D eigenvalue weighted by Gasteiger charge is -2.45. The van der Waals surface area contributed by atoms with Gasteiger partial charge in [-0.1, -0.05) is 26.2 Å². The highest BCUT2D eigenvalue weighted by molar-refractivity contribution is 4.80. The molecule has 3 N–H and O–H groups in total. The minimum atomic E-state index is -0.258. The van der Waals surface area contributed by atoms with E-state index >= 15 is 0 Å². The topological polar surface area (TPSA) is 55.5 Å². The molecule has 0 amide bonds. The average Bonchev–Trinajstić information content (AvgIpc) is 2.34. The van der Waals surface area contributed by atoms with Crippen LogP contribution in [0, 0.1) is 5.92 Å². The normalized spacial score (nSPS) is 40.4. The van der Waals surface area contributed by atoms with Crippen molar-refractivity contribution in [3.05, 3.63) is 0 Å². The molecule has 1 saturated carbocycles. The lowest BCUT2D eigenvalue weighted by Crippen LogP contribution is -2.68. The predicted molar refractivity (Wildman–Crippen MR) is 66.4 cm³/mol. The fourth-order valence-corrected chi connectivity index (χ4v) is 3.39. The van der Waals surface area contributed by atoms with E-state index in [0.717, 1.165) is 13.0 Å². The zero-order valence-electron chi connectivity index (χ0n) is 11.0. The van der Waals surface area contributed by atoms with Gasteiger partial charge in [-0.25, -0.2) is 5.21 Å². The summed E-state index contributed by atoms with van der Waals surface area (Å²) in [5, 5.41) is 10.6. The van der Waals surface area contributed by atoms with E-state index in [2.05, 4.69) is 6.92 Å². The van der Waals surface area contributed by atoms with Crippen molar-refractivity contribution >= 4 is 0 Å². The third kappa shape index (κ3) is 2.81. The van der Waals surface area contributed by atoms with Gasteiger partial charge < -0.3 is 4.74 Å². The summed E-state index contributed by atoms with van der Waals surface area (Å²) in [5.74, 6) is 0.556. The van der Waals surface area contributed by atoms with Gasteiger partial charge in [-0.15, -0.1) is 0 Å². The number of nitrogens with two attached hydrogens (primary N) is 1. The van der Waals surface area contributed by atoms with Crippen molar-refractivity contribution in [3.8, 4) is 0 Å². The van der Waals surface area contributed by atoms with Crippen molar-refractivity contribution in [2.45, 2.75) is 57.7 Å². The molecule has 1 unspecified atom stereocenters. The monoisotopic (exact) mass is 243 g/mol. The Morgan fingerprint density at radius 2 is 2.00 bits per heavy atom. The number of hydroxylamine groups is 3. The van der Waals surface area contributed by atoms with Gasteiger partial charge in [0.25, 0.3) is 0 Å². The summed E-state index contributed by atoms with van der Waals surface area (Å²) in [5.41, 5.74) is 6.27. The van der Waals surface area contributed by atoms with E-state index in [1.54, 1.807) is 0 Å². The molecule has 3 atom stereocenters. The van der Waals surface area contributed by atoms with E-state index in [1.165, 1.54) is 32.1 Å². The average molecular weight is 243 g/mol. The summed E-state index contributed by atoms with van der Waals surface area (Å²) in [6.07, 6.45) is 7.10. The third-order valence-corrected chi connectivity index (χ3v) is 4.41. The Kier molecular flexibility index (Phi) is 4.42. The van der Waals surface area contributed by atoms with Gasteiger partial charge in [0, 0.05) is 0 Å². The van der Waals surface area contributed by atoms with Crippen LogP contribution in [0.2, 0.25) is 0 Å². The smallest absolute Gasteiger partial charge is 0.197 e. The zero-order chi connectivity index (χ0) is 12.3. The zero-order valence-corrected chi connectivity index (χ0v) is 11.0. The summed E-state index contributed by atoms with van der Waals surface area (Å²) < 4.78 is 5.88. The molecule has 1 aliphatic carbocycles. The van der Waals surface area contributed by atoms with Crippen LogP contribution in [-0.4, -0.2) is 41.8 Å². The van der Waals surface area contributed by atoms with Gasteiger partial charge in [0.15, 0.2) is 6.17 Å². The van der Waals surface area contributed by atoms with Crippen LogP contribution in [0.5, 0.6) is 0 Å². The van der Waals surface area contributed by atoms with Gasteiger partial charge >= 0.3 is 0 Å². The quantitative estimate of drug-likeness (QED) is 0.744. The Hall–Kier alpha value is -0.160. The van der Waals surface area contributed by atoms with Gasteiger partial charge in [-0.3, -0.25) is 5.73 Å². The van der Waals surface area contributed by atoms with Crippen LogP contribution < -0.4 is 5.73 Å². The Morgan fingerprint density at radius 1 is 1.29 bits per heavy atom. The number of hydrogen-bond acceptors (Lipinski definition) is 3. The largest absolute Gasteiger partial charge is 0.364 e. The Morgan fingerprint density at radius 3 is 2.65 bits per heavy atom. The van der Waals surface area contributed by atoms with Crippen LogP contribution in [0.4, 0.5) is 0 Å². The van der Waals surface area contributed by atoms with E-state index < -0.39 is 0 Å². The molecule has 0 aromatic carbocycles. The summed E-state index contributed by atoms with van der Waals surface area (Å²) in [6, 6.07) is 0. The number of morpholine rings is 1. The van der Waals surface area contributed by atoms with Gasteiger partial charge in [0.2, 0.25) is 0 Å². The molecule has 2 rings (SSSR count). The molecule has 0 aromatic rings. The number of nitrogens with zero attached hydrogens (tertiary/aromatic N) is 1. The fourth-order valence-electron chi connectivity index (χ4n) is 3.39. The first-order valence-corrected chi connectivity index (χ1v) is 7.14. The molecule has 0 spiro atoms. The number of ether oxygens (including phenoxy) is 1. The highest BCUT2D eigenvalue weighted by Crippen LogP contribution is 2.32. The first-order chi connectivity index (χ1) is 8.17. The SMILES string of the molecule is CCC[N@+]1(O)CCOC(C2CCCCC2)[C@H]1N. The molecule has 0 aromatic heterocycles. The highest BCUT2D eigenvalue weighted by atomic mass is 16.6. The minimum Gasteiger partial charge on any atom is -0.364 e. The van der Waals surface area contributed by atoms with E-state index in [4.69, 9.17) is 10.5 Å². The molecule has 1 aliphatic heterocycles. The summed E-state index contributed by atoms with van der Waals surface area (Å²) >= 11 is 0. The molecule has 4 heteroatoms. The van der Waals surface area contributed by atoms with Crippen molar-refractivity contribution in [1.29, 1.82) is 0 Å². The maximum Gasteiger partial charge on any atom is 0.197 e. The van der Waals surface area contributed by atoms with E-state index in [9.17, 15) is 5.21 Å². The number of hydrogen-bond donors (Lipinski definition) is 2. The first-order valence-electron chi connectivity index (χ1n) is 7.14. The second-order valence-corrected chi connectivity index (χ2v) is 5.66. The molecule has 2 fully saturated rings. The molecular formula is C13H27N2O2+. The van der Waals surface area contributed by atoms with E-state index in [0.29, 0.717) is 19.1 Å². The van der Waals surface area contributed by atoms with Crippen LogP contribution in [0.1, 0.15) is 45.4 Å². The molecular weight excluding hydrogens is 216 g/mol. The highest BCUT2D eigenvalue weighted by Gasteiger charge is 2.46. The maximum atomic E-state index is 10.6. The van der Waals surface area contributed by atoms with Crippen molar-refractivity contribution in [1.82, 2.24) is 0 Å². The fraction of sp³-hybridized carbons (Fsp3) is 1.00. The van der Waals surface area contributed by atoms with Gasteiger partial charge in [-0.05, 0) is 25.2 Å². The Labute approximate surface area is 104 Å². The molecule has 0 radical (unpaired) electrons. The van der Waals surface area contributed by atoms with Crippen LogP contribution in [0.25, 0.3) is 0 Å². The molecule has 1 heterocycles. The maximum absolute atomic E-state index is 10.6. The summed E-state index contributed by atoms with van der Waals surface area (Å²) in [4.78, 5) is 0. The minimum absolute atomic E-state index is 0.0116. The summed E-state index contributed by atoms with van der Waals surface area (Å²) in [6.45, 7) is 4.12. The predicted octanol–water partition coefficient (Wildman–Crippen LogP) is 1.87. The molecule has 4 nitrogen and oxygen atoms in total. The summed E-state index contributed by atoms with van der Waals surface area (Å²) in [7, 11) is 0. The molecule has 17 heavy (non-hydrogen) atoms. The van der Waals surface area contributed by atoms with Crippen LogP contribution in [-0.2, 0) is 4.74 Å². The second kappa shape index (κ2) is 5.65. The van der Waals surface area contributed by atoms with Crippen molar-refractivity contribution in [2.75, 3.05) is 19.7 Å². The van der Waals surface area contributed by atoms with Crippen molar-refractivity contribution in [3.63, 3.8) is 0 Å². The molecule has 1 saturated heterocycles. The van der Waals surface area contributed by atoms with E-state index in [-0.39, 0.29) is 16.9 Å². The van der Waals surface area contributed by atoms with Crippen LogP contribution >= 0.6 is 0 Å². The van der Waals surface area contributed by atoms with E-state index in [1.807, 2.05) is 0 Å². The molecule has 0 bridgehead atoms.